The number of benzene rings is 1. The first kappa shape index (κ1) is 12.2. The van der Waals surface area contributed by atoms with E-state index >= 15 is 0 Å². The van der Waals surface area contributed by atoms with Crippen molar-refractivity contribution in [3.63, 3.8) is 0 Å². The van der Waals surface area contributed by atoms with Crippen molar-refractivity contribution in [1.82, 2.24) is 0 Å². The minimum absolute atomic E-state index is 0.220. The fourth-order valence-electron chi connectivity index (χ4n) is 2.05. The lowest BCUT2D eigenvalue weighted by molar-refractivity contribution is 0.0696. The van der Waals surface area contributed by atoms with E-state index < -0.39 is 5.97 Å². The van der Waals surface area contributed by atoms with E-state index in [-0.39, 0.29) is 5.56 Å². The van der Waals surface area contributed by atoms with Crippen LogP contribution in [0.15, 0.2) is 28.7 Å². The molecule has 4 heteroatoms. The van der Waals surface area contributed by atoms with Gasteiger partial charge in [0.15, 0.2) is 0 Å². The lowest BCUT2D eigenvalue weighted by Crippen LogP contribution is -1.99. The van der Waals surface area contributed by atoms with Gasteiger partial charge >= 0.3 is 5.97 Å². The SMILES string of the molecule is COc1ccc(-c2c(C)oc(C)c2C(=O)O)cc1. The van der Waals surface area contributed by atoms with Crippen molar-refractivity contribution in [3.8, 4) is 16.9 Å². The number of ether oxygens (including phenoxy) is 1. The van der Waals surface area contributed by atoms with Gasteiger partial charge in [-0.1, -0.05) is 12.1 Å². The maximum atomic E-state index is 11.3. The van der Waals surface area contributed by atoms with Gasteiger partial charge in [-0.3, -0.25) is 0 Å². The Morgan fingerprint density at radius 2 is 1.78 bits per heavy atom. The second-order valence-electron chi connectivity index (χ2n) is 4.00. The largest absolute Gasteiger partial charge is 0.497 e. The Morgan fingerprint density at radius 3 is 2.28 bits per heavy atom. The number of carboxylic acid groups (broad SMARTS) is 1. The number of furan rings is 1. The van der Waals surface area contributed by atoms with Gasteiger partial charge in [0.05, 0.1) is 7.11 Å². The van der Waals surface area contributed by atoms with E-state index in [1.54, 1.807) is 33.1 Å². The molecule has 0 unspecified atom stereocenters. The van der Waals surface area contributed by atoms with Crippen LogP contribution in [-0.2, 0) is 0 Å². The molecule has 0 spiro atoms. The highest BCUT2D eigenvalue weighted by Gasteiger charge is 2.21. The van der Waals surface area contributed by atoms with Crippen LogP contribution in [0.2, 0.25) is 0 Å². The summed E-state index contributed by atoms with van der Waals surface area (Å²) in [5.41, 5.74) is 1.66. The third-order valence-electron chi connectivity index (χ3n) is 2.85. The van der Waals surface area contributed by atoms with E-state index in [9.17, 15) is 9.90 Å². The maximum absolute atomic E-state index is 11.3. The van der Waals surface area contributed by atoms with Crippen LogP contribution >= 0.6 is 0 Å². The minimum Gasteiger partial charge on any atom is -0.497 e. The van der Waals surface area contributed by atoms with Crippen molar-refractivity contribution in [3.05, 3.63) is 41.3 Å². The van der Waals surface area contributed by atoms with Crippen LogP contribution in [-0.4, -0.2) is 18.2 Å². The predicted octanol–water partition coefficient (Wildman–Crippen LogP) is 3.27. The van der Waals surface area contributed by atoms with Gasteiger partial charge in [-0.15, -0.1) is 0 Å². The third kappa shape index (κ3) is 1.97. The molecule has 0 saturated carbocycles. The molecule has 0 aliphatic carbocycles. The number of rotatable bonds is 3. The van der Waals surface area contributed by atoms with E-state index in [2.05, 4.69) is 0 Å². The highest BCUT2D eigenvalue weighted by Crippen LogP contribution is 2.33. The Labute approximate surface area is 105 Å². The number of carbonyl (C=O) groups is 1. The number of hydrogen-bond donors (Lipinski definition) is 1. The van der Waals surface area contributed by atoms with Crippen LogP contribution in [0.25, 0.3) is 11.1 Å². The average Bonchev–Trinajstić information content (AvgIpc) is 2.64. The zero-order valence-electron chi connectivity index (χ0n) is 10.5. The van der Waals surface area contributed by atoms with Gasteiger partial charge in [0.2, 0.25) is 0 Å². The summed E-state index contributed by atoms with van der Waals surface area (Å²) in [5, 5.41) is 9.24. The zero-order chi connectivity index (χ0) is 13.3. The molecule has 0 bridgehead atoms. The van der Waals surface area contributed by atoms with Gasteiger partial charge in [0, 0.05) is 5.56 Å². The monoisotopic (exact) mass is 246 g/mol. The van der Waals surface area contributed by atoms with Gasteiger partial charge < -0.3 is 14.3 Å². The van der Waals surface area contributed by atoms with Crippen LogP contribution in [0.4, 0.5) is 0 Å². The van der Waals surface area contributed by atoms with E-state index in [0.717, 1.165) is 11.3 Å². The molecule has 0 radical (unpaired) electrons. The quantitative estimate of drug-likeness (QED) is 0.902. The van der Waals surface area contributed by atoms with Gasteiger partial charge in [-0.05, 0) is 31.5 Å². The van der Waals surface area contributed by atoms with E-state index in [0.29, 0.717) is 17.1 Å². The third-order valence-corrected chi connectivity index (χ3v) is 2.85. The first-order valence-corrected chi connectivity index (χ1v) is 5.52. The summed E-state index contributed by atoms with van der Waals surface area (Å²) in [7, 11) is 1.59. The number of hydrogen-bond acceptors (Lipinski definition) is 3. The van der Waals surface area contributed by atoms with Crippen molar-refractivity contribution in [2.75, 3.05) is 7.11 Å². The zero-order valence-corrected chi connectivity index (χ0v) is 10.5. The van der Waals surface area contributed by atoms with Crippen LogP contribution in [0.5, 0.6) is 5.75 Å². The molecule has 0 aliphatic heterocycles. The minimum atomic E-state index is -0.977. The van der Waals surface area contributed by atoms with Crippen molar-refractivity contribution in [1.29, 1.82) is 0 Å². The molecule has 0 saturated heterocycles. The first-order valence-electron chi connectivity index (χ1n) is 5.52. The number of aromatic carboxylic acids is 1. The van der Waals surface area contributed by atoms with Gasteiger partial charge in [-0.2, -0.15) is 0 Å². The summed E-state index contributed by atoms with van der Waals surface area (Å²) in [5.74, 6) is 0.782. The fraction of sp³-hybridized carbons (Fsp3) is 0.214. The van der Waals surface area contributed by atoms with Crippen molar-refractivity contribution in [2.45, 2.75) is 13.8 Å². The van der Waals surface area contributed by atoms with Gasteiger partial charge in [0.1, 0.15) is 22.8 Å². The van der Waals surface area contributed by atoms with E-state index in [1.807, 2.05) is 12.1 Å². The summed E-state index contributed by atoms with van der Waals surface area (Å²) in [6, 6.07) is 7.23. The Balaban J connectivity index is 2.59. The van der Waals surface area contributed by atoms with Crippen LogP contribution < -0.4 is 4.74 Å². The molecule has 4 nitrogen and oxygen atoms in total. The molecule has 2 aromatic rings. The maximum Gasteiger partial charge on any atom is 0.339 e. The topological polar surface area (TPSA) is 59.7 Å². The van der Waals surface area contributed by atoms with E-state index in [1.165, 1.54) is 0 Å². The molecule has 1 heterocycles. The predicted molar refractivity (Wildman–Crippen MR) is 67.1 cm³/mol. The highest BCUT2D eigenvalue weighted by atomic mass is 16.5. The number of methoxy groups -OCH3 is 1. The van der Waals surface area contributed by atoms with Crippen LogP contribution in [0.3, 0.4) is 0 Å². The normalized spacial score (nSPS) is 10.4. The van der Waals surface area contributed by atoms with Gasteiger partial charge in [-0.25, -0.2) is 4.79 Å². The van der Waals surface area contributed by atoms with Crippen molar-refractivity contribution in [2.24, 2.45) is 0 Å². The standard InChI is InChI=1S/C14H14O4/c1-8-12(13(14(15)16)9(2)18-8)10-4-6-11(17-3)7-5-10/h4-7H,1-3H3,(H,15,16). The summed E-state index contributed by atoms with van der Waals surface area (Å²) in [4.78, 5) is 11.3. The van der Waals surface area contributed by atoms with Crippen LogP contribution in [0, 0.1) is 13.8 Å². The average molecular weight is 246 g/mol. The smallest absolute Gasteiger partial charge is 0.339 e. The second kappa shape index (κ2) is 4.56. The fourth-order valence-corrected chi connectivity index (χ4v) is 2.05. The van der Waals surface area contributed by atoms with Crippen molar-refractivity contribution < 1.29 is 19.1 Å². The first-order chi connectivity index (χ1) is 8.54. The lowest BCUT2D eigenvalue weighted by atomic mass is 10.0. The molecule has 0 fully saturated rings. The van der Waals surface area contributed by atoms with E-state index in [4.69, 9.17) is 9.15 Å². The lowest BCUT2D eigenvalue weighted by Gasteiger charge is -2.04. The molecule has 0 amide bonds. The number of aryl methyl sites for hydroxylation is 2. The molecule has 1 N–H and O–H groups in total. The molecule has 0 atom stereocenters. The van der Waals surface area contributed by atoms with Gasteiger partial charge in [0.25, 0.3) is 0 Å². The molecule has 2 rings (SSSR count). The molecule has 94 valence electrons. The molecule has 1 aromatic heterocycles. The second-order valence-corrected chi connectivity index (χ2v) is 4.00. The summed E-state index contributed by atoms with van der Waals surface area (Å²) >= 11 is 0. The molecule has 18 heavy (non-hydrogen) atoms. The summed E-state index contributed by atoms with van der Waals surface area (Å²) in [6.45, 7) is 3.42. The summed E-state index contributed by atoms with van der Waals surface area (Å²) < 4.78 is 10.5. The Bertz CT molecular complexity index is 579. The molecule has 0 aliphatic rings. The highest BCUT2D eigenvalue weighted by molar-refractivity contribution is 5.97. The molecular formula is C14H14O4. The Hall–Kier alpha value is -2.23. The number of carboxylic acids is 1. The molecule has 1 aromatic carbocycles. The van der Waals surface area contributed by atoms with Crippen LogP contribution in [0.1, 0.15) is 21.9 Å². The Morgan fingerprint density at radius 1 is 1.17 bits per heavy atom. The molecular weight excluding hydrogens is 232 g/mol. The summed E-state index contributed by atoms with van der Waals surface area (Å²) in [6.07, 6.45) is 0. The van der Waals surface area contributed by atoms with Crippen molar-refractivity contribution >= 4 is 5.97 Å². The Kier molecular flexibility index (Phi) is 3.10.